The molecule has 77 heavy (non-hydrogen) atoms. The number of benzene rings is 2. The quantitative estimate of drug-likeness (QED) is 0.0381. The van der Waals surface area contributed by atoms with Crippen LogP contribution in [0.3, 0.4) is 0 Å². The van der Waals surface area contributed by atoms with Gasteiger partial charge in [0.2, 0.25) is 23.6 Å². The van der Waals surface area contributed by atoms with Gasteiger partial charge < -0.3 is 47.0 Å². The maximum Gasteiger partial charge on any atom is 0.471 e. The van der Waals surface area contributed by atoms with Crippen LogP contribution in [0.25, 0.3) is 0 Å². The number of allylic oxidation sites excluding steroid dienone is 1. The van der Waals surface area contributed by atoms with E-state index in [4.69, 9.17) is 5.73 Å². The second-order valence-corrected chi connectivity index (χ2v) is 21.7. The topological polar surface area (TPSA) is 214 Å². The Labute approximate surface area is 448 Å². The van der Waals surface area contributed by atoms with Crippen molar-refractivity contribution in [2.75, 3.05) is 59.9 Å². The molecule has 4 rings (SSSR count). The highest BCUT2D eigenvalue weighted by molar-refractivity contribution is 6.07. The third kappa shape index (κ3) is 18.0. The van der Waals surface area contributed by atoms with Crippen LogP contribution in [-0.2, 0) is 41.6 Å². The lowest BCUT2D eigenvalue weighted by Gasteiger charge is -2.39. The molecule has 7 N–H and O–H groups in total. The summed E-state index contributed by atoms with van der Waals surface area (Å²) in [4.78, 5) is 91.7. The molecule has 2 aromatic carbocycles. The molecule has 2 heterocycles. The number of hydrogen-bond acceptors (Lipinski definition) is 11. The van der Waals surface area contributed by atoms with Crippen molar-refractivity contribution in [3.05, 3.63) is 77.5 Å². The Bertz CT molecular complexity index is 2410. The van der Waals surface area contributed by atoms with E-state index in [1.807, 2.05) is 0 Å². The summed E-state index contributed by atoms with van der Waals surface area (Å²) in [6, 6.07) is 9.27. The number of nitrogens with two attached hydrogens (primary N) is 1. The Morgan fingerprint density at radius 1 is 0.740 bits per heavy atom. The number of carbonyl (C=O) groups is 6. The van der Waals surface area contributed by atoms with Crippen molar-refractivity contribution in [1.82, 2.24) is 46.2 Å². The lowest BCUT2D eigenvalue weighted by molar-refractivity contribution is -0.186. The van der Waals surface area contributed by atoms with Crippen LogP contribution in [-0.4, -0.2) is 169 Å². The molecule has 23 heteroatoms. The lowest BCUT2D eigenvalue weighted by atomic mass is 9.77. The second kappa shape index (κ2) is 27.5. The molecule has 2 saturated heterocycles. The maximum atomic E-state index is 15.1. The van der Waals surface area contributed by atoms with E-state index in [1.165, 1.54) is 22.8 Å². The first kappa shape index (κ1) is 63.5. The number of aliphatic imine (C=N–C) groups is 1. The number of nitrogens with zero attached hydrogens (tertiary/aromatic N) is 5. The Balaban J connectivity index is 1.78. The van der Waals surface area contributed by atoms with Crippen LogP contribution in [0.4, 0.5) is 32.0 Å². The fourth-order valence-corrected chi connectivity index (χ4v) is 9.50. The van der Waals surface area contributed by atoms with Gasteiger partial charge in [0.15, 0.2) is 0 Å². The summed E-state index contributed by atoms with van der Waals surface area (Å²) in [7, 11) is 3.31. The van der Waals surface area contributed by atoms with Gasteiger partial charge in [-0.3, -0.25) is 33.7 Å². The van der Waals surface area contributed by atoms with Crippen molar-refractivity contribution in [1.29, 1.82) is 0 Å². The van der Waals surface area contributed by atoms with E-state index in [0.29, 0.717) is 46.9 Å². The third-order valence-corrected chi connectivity index (χ3v) is 13.9. The summed E-state index contributed by atoms with van der Waals surface area (Å²) in [5, 5.41) is 14.6. The molecule has 0 aromatic heterocycles. The summed E-state index contributed by atoms with van der Waals surface area (Å²) >= 11 is 0. The number of amidine groups is 1. The molecule has 428 valence electrons. The molecule has 17 nitrogen and oxygen atoms in total. The molecule has 2 aromatic rings. The van der Waals surface area contributed by atoms with Gasteiger partial charge in [-0.25, -0.2) is 4.99 Å². The van der Waals surface area contributed by atoms with Crippen LogP contribution in [0.5, 0.6) is 0 Å². The van der Waals surface area contributed by atoms with E-state index >= 15 is 4.79 Å². The van der Waals surface area contributed by atoms with Crippen LogP contribution in [0.2, 0.25) is 0 Å². The summed E-state index contributed by atoms with van der Waals surface area (Å²) in [6.07, 6.45) is -8.22. The van der Waals surface area contributed by atoms with Crippen LogP contribution >= 0.6 is 0 Å². The lowest BCUT2D eigenvalue weighted by Crippen LogP contribution is -2.60. The van der Waals surface area contributed by atoms with Gasteiger partial charge in [0.05, 0.1) is 17.8 Å². The summed E-state index contributed by atoms with van der Waals surface area (Å²) < 4.78 is 86.6. The van der Waals surface area contributed by atoms with Gasteiger partial charge >= 0.3 is 24.2 Å². The molecule has 0 unspecified atom stereocenters. The number of alkyl halides is 6. The normalized spacial score (nSPS) is 18.3. The highest BCUT2D eigenvalue weighted by Gasteiger charge is 2.49. The van der Waals surface area contributed by atoms with Gasteiger partial charge in [-0.05, 0) is 107 Å². The number of halogens is 6. The van der Waals surface area contributed by atoms with E-state index in [-0.39, 0.29) is 56.7 Å². The molecule has 0 bridgehead atoms. The Hall–Kier alpha value is -6.07. The molecule has 0 radical (unpaired) electrons. The first-order valence-corrected chi connectivity index (χ1v) is 26.1. The first-order valence-electron chi connectivity index (χ1n) is 26.1. The summed E-state index contributed by atoms with van der Waals surface area (Å²) in [6.45, 7) is 13.0. The van der Waals surface area contributed by atoms with Crippen LogP contribution in [0.1, 0.15) is 92.2 Å². The minimum absolute atomic E-state index is 0.0170. The monoisotopic (exact) mass is 1090 g/mol. The Morgan fingerprint density at radius 2 is 1.27 bits per heavy atom. The third-order valence-electron chi connectivity index (χ3n) is 13.9. The first-order chi connectivity index (χ1) is 35.9. The largest absolute Gasteiger partial charge is 0.471 e. The van der Waals surface area contributed by atoms with Gasteiger partial charge in [0.25, 0.3) is 0 Å². The number of carbonyl (C=O) groups excluding carboxylic acids is 6. The summed E-state index contributed by atoms with van der Waals surface area (Å²) in [5.74, 6) is -7.03. The van der Waals surface area contributed by atoms with E-state index < -0.39 is 114 Å². The zero-order valence-electron chi connectivity index (χ0n) is 46.0. The van der Waals surface area contributed by atoms with Crippen molar-refractivity contribution in [2.45, 2.75) is 143 Å². The Kier molecular flexibility index (Phi) is 22.7. The zero-order valence-corrected chi connectivity index (χ0v) is 46.0. The number of hydrogen-bond donors (Lipinski definition) is 6. The Morgan fingerprint density at radius 3 is 1.82 bits per heavy atom. The molecule has 0 saturated carbocycles. The SMILES string of the molecule is CNCCN[C@@H](C)C(=O)N[C@H](C(=O)N1CCC[C@H]1CN(CCc1ccccc1)C(=O)C(F)(F)F)C(C)(C)Cc1ccccc1N=C(C=C(C)N)N(C[C@@H]1CCCN1C(=O)[C@@H](NC(=O)[C@H](C)NC)C(C)(C)C)C(=O)C(F)(F)F. The number of amides is 6. The van der Waals surface area contributed by atoms with E-state index in [2.05, 4.69) is 31.6 Å². The fourth-order valence-electron chi connectivity index (χ4n) is 9.50. The van der Waals surface area contributed by atoms with Crippen molar-refractivity contribution < 1.29 is 55.1 Å². The van der Waals surface area contributed by atoms with Gasteiger partial charge in [-0.2, -0.15) is 26.3 Å². The molecule has 2 fully saturated rings. The van der Waals surface area contributed by atoms with Crippen LogP contribution in [0, 0.1) is 10.8 Å². The average Bonchev–Trinajstić information content (AvgIpc) is 4.03. The van der Waals surface area contributed by atoms with Gasteiger partial charge in [-0.15, -0.1) is 0 Å². The highest BCUT2D eigenvalue weighted by Crippen LogP contribution is 2.35. The van der Waals surface area contributed by atoms with Crippen molar-refractivity contribution >= 4 is 47.0 Å². The predicted molar refractivity (Wildman–Crippen MR) is 282 cm³/mol. The predicted octanol–water partition coefficient (Wildman–Crippen LogP) is 4.98. The van der Waals surface area contributed by atoms with Gasteiger partial charge in [0.1, 0.15) is 17.9 Å². The number of likely N-dealkylation sites (tertiary alicyclic amines) is 2. The average molecular weight is 1090 g/mol. The summed E-state index contributed by atoms with van der Waals surface area (Å²) in [5.41, 5.74) is 5.15. The number of nitrogens with one attached hydrogen (secondary N) is 5. The van der Waals surface area contributed by atoms with Crippen molar-refractivity contribution in [3.8, 4) is 0 Å². The zero-order chi connectivity index (χ0) is 57.6. The minimum Gasteiger partial charge on any atom is -0.402 e. The van der Waals surface area contributed by atoms with E-state index in [9.17, 15) is 50.3 Å². The van der Waals surface area contributed by atoms with Gasteiger partial charge in [0, 0.05) is 63.6 Å². The number of para-hydroxylation sites is 1. The molecule has 6 amide bonds. The highest BCUT2D eigenvalue weighted by atomic mass is 19.4. The second-order valence-electron chi connectivity index (χ2n) is 21.7. The standard InChI is InChI=1S/C54H79F6N11O6/c1-34(61)30-42(71(50(77)54(58,59)60)33-40-22-17-28-70(40)47(74)43(51(4,5)6)66-45(72)35(2)63-10)65-41-23-15-14-20-38(41)31-52(7,8)44(67-46(73)36(3)64-26-25-62-9)48(75)69-27-16-21-39(69)32-68(49(76)53(55,56)57)29-24-37-18-12-11-13-19-37/h11-15,18-20,23,30,35-36,39-40,43-44,62-64H,16-17,21-22,24-29,31-33,61H2,1-10H3,(H,66,72)(H,67,73)/t35-,36-,39-,40-,43+,44+/m0/s1. The number of likely N-dealkylation sites (N-methyl/N-ethyl adjacent to an activating group) is 2. The van der Waals surface area contributed by atoms with Crippen LogP contribution < -0.4 is 32.3 Å². The van der Waals surface area contributed by atoms with E-state index in [0.717, 1.165) is 6.08 Å². The van der Waals surface area contributed by atoms with E-state index in [1.54, 1.807) is 111 Å². The minimum atomic E-state index is -5.42. The van der Waals surface area contributed by atoms with Crippen LogP contribution in [0.15, 0.2) is 71.4 Å². The smallest absolute Gasteiger partial charge is 0.402 e. The molecule has 6 atom stereocenters. The van der Waals surface area contributed by atoms with Crippen molar-refractivity contribution in [2.24, 2.45) is 21.6 Å². The molecule has 2 aliphatic heterocycles. The molecular formula is C54H79F6N11O6. The molecule has 0 aliphatic carbocycles. The number of rotatable bonds is 23. The molecule has 0 spiro atoms. The molecular weight excluding hydrogens is 1010 g/mol. The molecule has 2 aliphatic rings. The fraction of sp³-hybridized carbons (Fsp3) is 0.611. The maximum absolute atomic E-state index is 15.1. The van der Waals surface area contributed by atoms with Gasteiger partial charge in [-0.1, -0.05) is 83.1 Å². The van der Waals surface area contributed by atoms with Crippen molar-refractivity contribution in [3.63, 3.8) is 0 Å².